The lowest BCUT2D eigenvalue weighted by Crippen LogP contribution is -2.48. The molecule has 1 fully saturated rings. The molecule has 0 bridgehead atoms. The zero-order valence-electron chi connectivity index (χ0n) is 15.5. The van der Waals surface area contributed by atoms with Crippen molar-refractivity contribution < 1.29 is 14.0 Å². The van der Waals surface area contributed by atoms with Crippen molar-refractivity contribution in [3.05, 3.63) is 70.5 Å². The average molecular weight is 421 g/mol. The summed E-state index contributed by atoms with van der Waals surface area (Å²) in [6, 6.07) is 12.3. The summed E-state index contributed by atoms with van der Waals surface area (Å²) in [6.07, 6.45) is 1.84. The molecule has 2 amide bonds. The summed E-state index contributed by atoms with van der Waals surface area (Å²) in [5.74, 6) is -0.463. The van der Waals surface area contributed by atoms with Gasteiger partial charge in [0.05, 0.1) is 10.6 Å². The molecule has 3 rings (SSSR count). The number of rotatable bonds is 6. The number of amides is 2. The van der Waals surface area contributed by atoms with Gasteiger partial charge in [0.1, 0.15) is 17.2 Å². The number of unbranched alkanes of at least 4 members (excludes halogenated alkanes) is 1. The first kappa shape index (κ1) is 20.7. The van der Waals surface area contributed by atoms with Gasteiger partial charge in [0.2, 0.25) is 5.91 Å². The Labute approximate surface area is 173 Å². The maximum Gasteiger partial charge on any atom is 0.257 e. The Hall–Kier alpha value is -2.05. The summed E-state index contributed by atoms with van der Waals surface area (Å²) in [4.78, 5) is 27.6. The summed E-state index contributed by atoms with van der Waals surface area (Å²) in [5, 5.41) is 2.78. The molecule has 148 valence electrons. The van der Waals surface area contributed by atoms with Crippen LogP contribution >= 0.6 is 23.4 Å². The third kappa shape index (κ3) is 4.50. The Morgan fingerprint density at radius 3 is 2.75 bits per heavy atom. The number of halogens is 2. The SMILES string of the molecule is CCCCNC(=O)[C@H]1CS[C@@H](c2cccc(F)c2)N1C(=O)c1ccccc1Cl. The number of hydrogen-bond donors (Lipinski definition) is 1. The summed E-state index contributed by atoms with van der Waals surface area (Å²) >= 11 is 7.68. The van der Waals surface area contributed by atoms with E-state index in [2.05, 4.69) is 5.32 Å². The summed E-state index contributed by atoms with van der Waals surface area (Å²) in [6.45, 7) is 2.61. The highest BCUT2D eigenvalue weighted by Crippen LogP contribution is 2.42. The zero-order valence-corrected chi connectivity index (χ0v) is 17.1. The first-order chi connectivity index (χ1) is 13.5. The van der Waals surface area contributed by atoms with Gasteiger partial charge in [-0.2, -0.15) is 0 Å². The minimum Gasteiger partial charge on any atom is -0.354 e. The topological polar surface area (TPSA) is 49.4 Å². The molecule has 0 saturated carbocycles. The molecular formula is C21H22ClFN2O2S. The van der Waals surface area contributed by atoms with E-state index in [-0.39, 0.29) is 17.6 Å². The minimum absolute atomic E-state index is 0.194. The predicted molar refractivity (Wildman–Crippen MR) is 111 cm³/mol. The van der Waals surface area contributed by atoms with Crippen LogP contribution in [-0.2, 0) is 4.79 Å². The van der Waals surface area contributed by atoms with E-state index in [0.29, 0.717) is 28.4 Å². The van der Waals surface area contributed by atoms with Crippen LogP contribution < -0.4 is 5.32 Å². The Morgan fingerprint density at radius 2 is 2.04 bits per heavy atom. The second kappa shape index (κ2) is 9.43. The predicted octanol–water partition coefficient (Wildman–Crippen LogP) is 4.65. The Kier molecular flexibility index (Phi) is 6.97. The number of thioether (sulfide) groups is 1. The average Bonchev–Trinajstić information content (AvgIpc) is 3.13. The molecule has 2 atom stereocenters. The van der Waals surface area contributed by atoms with Crippen molar-refractivity contribution in [2.75, 3.05) is 12.3 Å². The van der Waals surface area contributed by atoms with Gasteiger partial charge in [-0.05, 0) is 36.2 Å². The highest BCUT2D eigenvalue weighted by Gasteiger charge is 2.43. The molecular weight excluding hydrogens is 399 g/mol. The first-order valence-electron chi connectivity index (χ1n) is 9.25. The van der Waals surface area contributed by atoms with Crippen LogP contribution in [0.15, 0.2) is 48.5 Å². The van der Waals surface area contributed by atoms with Crippen molar-refractivity contribution in [1.82, 2.24) is 10.2 Å². The number of carbonyl (C=O) groups excluding carboxylic acids is 2. The molecule has 2 aromatic rings. The maximum absolute atomic E-state index is 13.8. The molecule has 0 spiro atoms. The molecule has 1 aliphatic rings. The van der Waals surface area contributed by atoms with Crippen molar-refractivity contribution in [3.63, 3.8) is 0 Å². The van der Waals surface area contributed by atoms with Crippen LogP contribution in [0.3, 0.4) is 0 Å². The molecule has 4 nitrogen and oxygen atoms in total. The van der Waals surface area contributed by atoms with Gasteiger partial charge in [-0.3, -0.25) is 9.59 Å². The van der Waals surface area contributed by atoms with E-state index in [1.54, 1.807) is 36.4 Å². The van der Waals surface area contributed by atoms with Gasteiger partial charge in [-0.15, -0.1) is 11.8 Å². The third-order valence-corrected chi connectivity index (χ3v) is 6.26. The molecule has 0 radical (unpaired) electrons. The van der Waals surface area contributed by atoms with Crippen molar-refractivity contribution in [3.8, 4) is 0 Å². The van der Waals surface area contributed by atoms with Crippen molar-refractivity contribution >= 4 is 35.2 Å². The van der Waals surface area contributed by atoms with E-state index in [1.807, 2.05) is 6.92 Å². The summed E-state index contributed by atoms with van der Waals surface area (Å²) in [5.41, 5.74) is 0.980. The highest BCUT2D eigenvalue weighted by atomic mass is 35.5. The lowest BCUT2D eigenvalue weighted by molar-refractivity contribution is -0.124. The molecule has 0 unspecified atom stereocenters. The van der Waals surface area contributed by atoms with Crippen LogP contribution in [0.25, 0.3) is 0 Å². The zero-order chi connectivity index (χ0) is 20.1. The van der Waals surface area contributed by atoms with Crippen LogP contribution in [0.1, 0.15) is 41.1 Å². The fourth-order valence-electron chi connectivity index (χ4n) is 3.15. The van der Waals surface area contributed by atoms with E-state index in [0.717, 1.165) is 12.8 Å². The maximum atomic E-state index is 13.8. The molecule has 0 aromatic heterocycles. The highest BCUT2D eigenvalue weighted by molar-refractivity contribution is 7.99. The van der Waals surface area contributed by atoms with E-state index in [9.17, 15) is 14.0 Å². The summed E-state index contributed by atoms with van der Waals surface area (Å²) < 4.78 is 13.8. The number of nitrogens with zero attached hydrogens (tertiary/aromatic N) is 1. The monoisotopic (exact) mass is 420 g/mol. The summed E-state index contributed by atoms with van der Waals surface area (Å²) in [7, 11) is 0. The fraction of sp³-hybridized carbons (Fsp3) is 0.333. The molecule has 28 heavy (non-hydrogen) atoms. The molecule has 1 heterocycles. The molecule has 0 aliphatic carbocycles. The number of nitrogens with one attached hydrogen (secondary N) is 1. The van der Waals surface area contributed by atoms with Crippen molar-refractivity contribution in [1.29, 1.82) is 0 Å². The van der Waals surface area contributed by atoms with Gasteiger partial charge >= 0.3 is 0 Å². The molecule has 2 aromatic carbocycles. The number of hydrogen-bond acceptors (Lipinski definition) is 3. The molecule has 7 heteroatoms. The second-order valence-corrected chi connectivity index (χ2v) is 8.11. The van der Waals surface area contributed by atoms with E-state index < -0.39 is 11.4 Å². The van der Waals surface area contributed by atoms with Crippen molar-refractivity contribution in [2.24, 2.45) is 0 Å². The standard InChI is InChI=1S/C21H22ClFN2O2S/c1-2-3-11-24-19(26)18-13-28-21(14-7-6-8-15(23)12-14)25(18)20(27)16-9-4-5-10-17(16)22/h4-10,12,18,21H,2-3,11,13H2,1H3,(H,24,26)/t18-,21+/m1/s1. The van der Waals surface area contributed by atoms with Gasteiger partial charge < -0.3 is 10.2 Å². The van der Waals surface area contributed by atoms with Gasteiger partial charge in [-0.1, -0.05) is 49.2 Å². The molecule has 1 aliphatic heterocycles. The van der Waals surface area contributed by atoms with Crippen molar-refractivity contribution in [2.45, 2.75) is 31.2 Å². The quantitative estimate of drug-likeness (QED) is 0.692. The normalized spacial score (nSPS) is 18.9. The first-order valence-corrected chi connectivity index (χ1v) is 10.7. The van der Waals surface area contributed by atoms with E-state index >= 15 is 0 Å². The number of carbonyl (C=O) groups is 2. The largest absolute Gasteiger partial charge is 0.354 e. The minimum atomic E-state index is -0.640. The molecule has 1 N–H and O–H groups in total. The van der Waals surface area contributed by atoms with Gasteiger partial charge in [-0.25, -0.2) is 4.39 Å². The lowest BCUT2D eigenvalue weighted by atomic mass is 10.1. The second-order valence-electron chi connectivity index (χ2n) is 6.59. The Morgan fingerprint density at radius 1 is 1.25 bits per heavy atom. The Balaban J connectivity index is 1.93. The van der Waals surface area contributed by atoms with Crippen LogP contribution in [0.5, 0.6) is 0 Å². The van der Waals surface area contributed by atoms with Gasteiger partial charge in [0.25, 0.3) is 5.91 Å². The Bertz CT molecular complexity index is 864. The lowest BCUT2D eigenvalue weighted by Gasteiger charge is -2.29. The third-order valence-electron chi connectivity index (χ3n) is 4.61. The van der Waals surface area contributed by atoms with Crippen LogP contribution in [0, 0.1) is 5.82 Å². The number of benzene rings is 2. The van der Waals surface area contributed by atoms with E-state index in [4.69, 9.17) is 11.6 Å². The van der Waals surface area contributed by atoms with Crippen LogP contribution in [-0.4, -0.2) is 35.1 Å². The van der Waals surface area contributed by atoms with Crippen LogP contribution in [0.4, 0.5) is 4.39 Å². The van der Waals surface area contributed by atoms with Crippen LogP contribution in [0.2, 0.25) is 5.02 Å². The molecule has 1 saturated heterocycles. The van der Waals surface area contributed by atoms with Gasteiger partial charge in [0, 0.05) is 12.3 Å². The van der Waals surface area contributed by atoms with E-state index in [1.165, 1.54) is 28.8 Å². The smallest absolute Gasteiger partial charge is 0.257 e. The fourth-order valence-corrected chi connectivity index (χ4v) is 4.79. The van der Waals surface area contributed by atoms with Gasteiger partial charge in [0.15, 0.2) is 0 Å².